The van der Waals surface area contributed by atoms with Gasteiger partial charge in [0, 0.05) is 5.56 Å². The molecule has 2 aromatic heterocycles. The summed E-state index contributed by atoms with van der Waals surface area (Å²) in [5, 5.41) is 0. The van der Waals surface area contributed by atoms with E-state index in [-0.39, 0.29) is 0 Å². The first-order chi connectivity index (χ1) is 13.9. The van der Waals surface area contributed by atoms with Crippen LogP contribution in [0, 0.1) is 6.92 Å². The van der Waals surface area contributed by atoms with Crippen LogP contribution in [0.2, 0.25) is 0 Å². The molecule has 0 unspecified atom stereocenters. The molecule has 3 heteroatoms. The number of benzene rings is 2. The van der Waals surface area contributed by atoms with E-state index in [1.807, 2.05) is 6.33 Å². The molecule has 4 rings (SSSR count). The molecular weight excluding hydrogens is 354 g/mol. The number of pyridine rings is 1. The Morgan fingerprint density at radius 1 is 0.828 bits per heavy atom. The van der Waals surface area contributed by atoms with Crippen molar-refractivity contribution in [3.63, 3.8) is 0 Å². The van der Waals surface area contributed by atoms with Crippen molar-refractivity contribution >= 4 is 11.2 Å². The average molecular weight is 385 g/mol. The third-order valence-electron chi connectivity index (χ3n) is 5.87. The predicted molar refractivity (Wildman–Crippen MR) is 121 cm³/mol. The first-order valence-corrected chi connectivity index (χ1v) is 10.5. The zero-order valence-corrected chi connectivity index (χ0v) is 18.3. The molecular formula is C26H30N3+. The van der Waals surface area contributed by atoms with Crippen LogP contribution < -0.4 is 4.57 Å². The van der Waals surface area contributed by atoms with Crippen LogP contribution in [0.25, 0.3) is 28.1 Å². The normalized spacial score (nSPS) is 11.7. The van der Waals surface area contributed by atoms with E-state index < -0.39 is 0 Å². The maximum atomic E-state index is 4.84. The summed E-state index contributed by atoms with van der Waals surface area (Å²) >= 11 is 0. The number of nitrogens with zero attached hydrogens (tertiary/aromatic N) is 3. The van der Waals surface area contributed by atoms with Gasteiger partial charge in [-0.05, 0) is 52.6 Å². The van der Waals surface area contributed by atoms with Gasteiger partial charge in [0.2, 0.25) is 6.33 Å². The van der Waals surface area contributed by atoms with Crippen molar-refractivity contribution in [1.29, 1.82) is 0 Å². The molecule has 0 aliphatic carbocycles. The Balaban J connectivity index is 1.98. The van der Waals surface area contributed by atoms with Gasteiger partial charge in [-0.3, -0.25) is 4.57 Å². The quantitative estimate of drug-likeness (QED) is 0.391. The Labute approximate surface area is 173 Å². The summed E-state index contributed by atoms with van der Waals surface area (Å²) in [5.74, 6) is 0.891. The molecule has 0 N–H and O–H groups in total. The Bertz CT molecular complexity index is 1160. The summed E-state index contributed by atoms with van der Waals surface area (Å²) < 4.78 is 4.49. The molecule has 0 bridgehead atoms. The molecule has 0 saturated carbocycles. The molecule has 0 spiro atoms. The monoisotopic (exact) mass is 384 g/mol. The number of hydrogen-bond acceptors (Lipinski definition) is 1. The minimum atomic E-state index is 0.446. The fourth-order valence-electron chi connectivity index (χ4n) is 4.24. The summed E-state index contributed by atoms with van der Waals surface area (Å²) in [4.78, 5) is 4.84. The highest BCUT2D eigenvalue weighted by atomic mass is 15.1. The molecule has 2 aromatic carbocycles. The summed E-state index contributed by atoms with van der Waals surface area (Å²) in [6, 6.07) is 19.6. The molecule has 0 amide bonds. The second-order valence-electron chi connectivity index (χ2n) is 8.51. The second-order valence-corrected chi connectivity index (χ2v) is 8.51. The Hall–Kier alpha value is -2.94. The summed E-state index contributed by atoms with van der Waals surface area (Å²) in [6.45, 7) is 11.2. The molecule has 0 atom stereocenters. The number of para-hydroxylation sites is 1. The Morgan fingerprint density at radius 3 is 2.10 bits per heavy atom. The van der Waals surface area contributed by atoms with Gasteiger partial charge in [0.1, 0.15) is 11.2 Å². The van der Waals surface area contributed by atoms with Crippen LogP contribution in [-0.2, 0) is 7.05 Å². The van der Waals surface area contributed by atoms with E-state index in [0.717, 1.165) is 11.2 Å². The second kappa shape index (κ2) is 7.47. The first-order valence-electron chi connectivity index (χ1n) is 10.5. The minimum Gasteiger partial charge on any atom is -0.272 e. The van der Waals surface area contributed by atoms with Gasteiger partial charge in [0.05, 0.1) is 12.7 Å². The number of hydrogen-bond donors (Lipinski definition) is 0. The average Bonchev–Trinajstić information content (AvgIpc) is 3.13. The minimum absolute atomic E-state index is 0.446. The topological polar surface area (TPSA) is 21.7 Å². The van der Waals surface area contributed by atoms with Crippen molar-refractivity contribution in [1.82, 2.24) is 9.55 Å². The molecule has 29 heavy (non-hydrogen) atoms. The van der Waals surface area contributed by atoms with E-state index in [1.54, 1.807) is 0 Å². The van der Waals surface area contributed by atoms with Crippen LogP contribution >= 0.6 is 0 Å². The van der Waals surface area contributed by atoms with Gasteiger partial charge >= 0.3 is 5.65 Å². The fourth-order valence-corrected chi connectivity index (χ4v) is 4.24. The highest BCUT2D eigenvalue weighted by molar-refractivity contribution is 5.75. The molecule has 2 heterocycles. The van der Waals surface area contributed by atoms with Crippen molar-refractivity contribution in [2.75, 3.05) is 0 Å². The molecule has 0 aliphatic heterocycles. The lowest BCUT2D eigenvalue weighted by molar-refractivity contribution is -0.635. The van der Waals surface area contributed by atoms with E-state index in [1.165, 1.54) is 33.6 Å². The fraction of sp³-hybridized carbons (Fsp3) is 0.308. The van der Waals surface area contributed by atoms with Crippen molar-refractivity contribution in [3.8, 4) is 16.9 Å². The Morgan fingerprint density at radius 2 is 1.48 bits per heavy atom. The zero-order valence-electron chi connectivity index (χ0n) is 18.3. The van der Waals surface area contributed by atoms with Gasteiger partial charge in [0.25, 0.3) is 0 Å². The van der Waals surface area contributed by atoms with Crippen molar-refractivity contribution in [2.45, 2.75) is 46.5 Å². The molecule has 0 radical (unpaired) electrons. The maximum Gasteiger partial charge on any atom is 0.349 e. The highest BCUT2D eigenvalue weighted by Crippen LogP contribution is 2.33. The van der Waals surface area contributed by atoms with Gasteiger partial charge in [0.15, 0.2) is 0 Å². The van der Waals surface area contributed by atoms with Gasteiger partial charge in [-0.25, -0.2) is 4.57 Å². The first kappa shape index (κ1) is 19.4. The number of rotatable bonds is 4. The predicted octanol–water partition coefficient (Wildman–Crippen LogP) is 6.07. The van der Waals surface area contributed by atoms with Crippen LogP contribution in [0.15, 0.2) is 60.9 Å². The molecule has 4 aromatic rings. The van der Waals surface area contributed by atoms with E-state index in [0.29, 0.717) is 11.8 Å². The lowest BCUT2D eigenvalue weighted by Gasteiger charge is -2.20. The SMILES string of the molecule is Cc1ccccc1-c1ccc2c(ncn2-c2c(C(C)C)cccc2C(C)C)[n+]1C. The molecule has 0 aliphatic rings. The van der Waals surface area contributed by atoms with Crippen LogP contribution in [0.3, 0.4) is 0 Å². The van der Waals surface area contributed by atoms with Crippen LogP contribution in [-0.4, -0.2) is 9.55 Å². The van der Waals surface area contributed by atoms with E-state index in [4.69, 9.17) is 4.98 Å². The molecule has 3 nitrogen and oxygen atoms in total. The van der Waals surface area contributed by atoms with Gasteiger partial charge < -0.3 is 0 Å². The van der Waals surface area contributed by atoms with E-state index in [9.17, 15) is 0 Å². The standard InChI is InChI=1S/C26H30N3/c1-17(2)20-12-9-13-21(18(3)4)25(20)29-16-27-26-24(29)15-14-23(28(26)6)22-11-8-7-10-19(22)5/h7-18H,1-6H3/q+1. The van der Waals surface area contributed by atoms with Crippen LogP contribution in [0.4, 0.5) is 0 Å². The number of fused-ring (bicyclic) bond motifs is 1. The van der Waals surface area contributed by atoms with Crippen molar-refractivity contribution in [3.05, 3.63) is 77.6 Å². The van der Waals surface area contributed by atoms with Crippen molar-refractivity contribution in [2.24, 2.45) is 7.05 Å². The van der Waals surface area contributed by atoms with E-state index in [2.05, 4.69) is 105 Å². The smallest absolute Gasteiger partial charge is 0.272 e. The number of aromatic nitrogens is 3. The Kier molecular flexibility index (Phi) is 4.99. The highest BCUT2D eigenvalue weighted by Gasteiger charge is 2.23. The molecule has 0 saturated heterocycles. The lowest BCUT2D eigenvalue weighted by Crippen LogP contribution is -2.32. The van der Waals surface area contributed by atoms with Crippen molar-refractivity contribution < 1.29 is 4.57 Å². The van der Waals surface area contributed by atoms with Crippen LogP contribution in [0.1, 0.15) is 56.2 Å². The molecule has 0 fully saturated rings. The third-order valence-corrected chi connectivity index (χ3v) is 5.87. The number of aryl methyl sites for hydroxylation is 2. The summed E-state index contributed by atoms with van der Waals surface area (Å²) in [7, 11) is 2.11. The van der Waals surface area contributed by atoms with Gasteiger partial charge in [-0.1, -0.05) is 70.2 Å². The van der Waals surface area contributed by atoms with E-state index >= 15 is 0 Å². The third kappa shape index (κ3) is 3.25. The number of imidazole rings is 1. The maximum absolute atomic E-state index is 4.84. The largest absolute Gasteiger partial charge is 0.349 e. The van der Waals surface area contributed by atoms with Crippen LogP contribution in [0.5, 0.6) is 0 Å². The lowest BCUT2D eigenvalue weighted by atomic mass is 9.92. The zero-order chi connectivity index (χ0) is 20.7. The van der Waals surface area contributed by atoms with Gasteiger partial charge in [-0.15, -0.1) is 0 Å². The molecule has 148 valence electrons. The summed E-state index contributed by atoms with van der Waals surface area (Å²) in [5.41, 5.74) is 9.85. The summed E-state index contributed by atoms with van der Waals surface area (Å²) in [6.07, 6.45) is 1.99. The van der Waals surface area contributed by atoms with Gasteiger partial charge in [-0.2, -0.15) is 0 Å².